The molecule has 7 rings (SSSR count). The molecule has 3 amide bonds. The number of aromatic amines is 2. The summed E-state index contributed by atoms with van der Waals surface area (Å²) in [6.45, 7) is 16.0. The first kappa shape index (κ1) is 42.0. The topological polar surface area (TPSA) is 146 Å². The number of aromatic nitrogens is 4. The maximum atomic E-state index is 14.4. The fraction of sp³-hybridized carbons (Fsp3) is 0.396. The number of nitrogens with zero attached hydrogens (tertiary/aromatic N) is 4. The fourth-order valence-corrected chi connectivity index (χ4v) is 8.10. The van der Waals surface area contributed by atoms with Gasteiger partial charge in [0.25, 0.3) is 5.91 Å². The van der Waals surface area contributed by atoms with Crippen molar-refractivity contribution in [1.29, 1.82) is 0 Å². The van der Waals surface area contributed by atoms with Crippen molar-refractivity contribution in [2.75, 3.05) is 20.2 Å². The number of carbonyl (C=O) groups excluding carboxylic acids is 3. The fourth-order valence-electron chi connectivity index (χ4n) is 8.10. The van der Waals surface area contributed by atoms with Crippen molar-refractivity contribution in [3.05, 3.63) is 102 Å². The minimum atomic E-state index is -0.939. The van der Waals surface area contributed by atoms with Crippen LogP contribution in [0.15, 0.2) is 79.0 Å². The Hall–Kier alpha value is -6.17. The highest BCUT2D eigenvalue weighted by Gasteiger charge is 2.33. The molecule has 12 heteroatoms. The van der Waals surface area contributed by atoms with Gasteiger partial charge in [-0.25, -0.2) is 14.8 Å². The summed E-state index contributed by atoms with van der Waals surface area (Å²) in [5, 5.41) is 4.71. The summed E-state index contributed by atoms with van der Waals surface area (Å²) in [6.07, 6.45) is 3.56. The van der Waals surface area contributed by atoms with Gasteiger partial charge in [-0.1, -0.05) is 89.6 Å². The van der Waals surface area contributed by atoms with E-state index in [0.29, 0.717) is 43.4 Å². The zero-order valence-electron chi connectivity index (χ0n) is 36.0. The summed E-state index contributed by atoms with van der Waals surface area (Å²) in [5.74, 6) is 2.59. The van der Waals surface area contributed by atoms with Gasteiger partial charge in [-0.15, -0.1) is 0 Å². The largest absolute Gasteiger partial charge is 0.488 e. The van der Waals surface area contributed by atoms with E-state index in [2.05, 4.69) is 86.3 Å². The van der Waals surface area contributed by atoms with Gasteiger partial charge in [0.05, 0.1) is 42.1 Å². The third-order valence-corrected chi connectivity index (χ3v) is 11.7. The van der Waals surface area contributed by atoms with Gasteiger partial charge in [-0.3, -0.25) is 9.59 Å². The molecule has 3 N–H and O–H groups in total. The number of imidazole rings is 2. The molecule has 314 valence electrons. The maximum Gasteiger partial charge on any atom is 0.407 e. The van der Waals surface area contributed by atoms with Crippen molar-refractivity contribution in [3.8, 4) is 28.1 Å². The first-order valence-corrected chi connectivity index (χ1v) is 21.2. The van der Waals surface area contributed by atoms with Crippen LogP contribution >= 0.6 is 0 Å². The first-order valence-electron chi connectivity index (χ1n) is 21.2. The number of rotatable bonds is 15. The van der Waals surface area contributed by atoms with Gasteiger partial charge in [0, 0.05) is 30.5 Å². The van der Waals surface area contributed by atoms with Crippen LogP contribution in [-0.4, -0.2) is 67.8 Å². The second kappa shape index (κ2) is 18.0. The Bertz CT molecular complexity index is 2490. The number of H-pyrrole nitrogens is 2. The van der Waals surface area contributed by atoms with Gasteiger partial charge in [-0.2, -0.15) is 0 Å². The number of hydrogen-bond donors (Lipinski definition) is 3. The van der Waals surface area contributed by atoms with E-state index in [1.807, 2.05) is 61.3 Å². The highest BCUT2D eigenvalue weighted by molar-refractivity contribution is 6.07. The molecule has 0 saturated carbocycles. The molecule has 60 heavy (non-hydrogen) atoms. The Balaban J connectivity index is 1.16. The van der Waals surface area contributed by atoms with Gasteiger partial charge in [-0.05, 0) is 84.0 Å². The lowest BCUT2D eigenvalue weighted by Gasteiger charge is -2.33. The Kier molecular flexibility index (Phi) is 12.6. The third-order valence-electron chi connectivity index (χ3n) is 11.7. The lowest BCUT2D eigenvalue weighted by molar-refractivity contribution is -0.136. The highest BCUT2D eigenvalue weighted by Crippen LogP contribution is 2.43. The van der Waals surface area contributed by atoms with Crippen LogP contribution in [0.25, 0.3) is 44.2 Å². The van der Waals surface area contributed by atoms with Gasteiger partial charge >= 0.3 is 6.09 Å². The summed E-state index contributed by atoms with van der Waals surface area (Å²) < 4.78 is 11.3. The van der Waals surface area contributed by atoms with Crippen LogP contribution in [0.2, 0.25) is 0 Å². The average molecular weight is 812 g/mol. The van der Waals surface area contributed by atoms with Crippen LogP contribution in [0.1, 0.15) is 109 Å². The van der Waals surface area contributed by atoms with Crippen LogP contribution in [0.5, 0.6) is 5.75 Å². The molecule has 6 aromatic rings. The third kappa shape index (κ3) is 8.59. The number of ether oxygens (including phenoxy) is 2. The lowest BCUT2D eigenvalue weighted by atomic mass is 9.92. The lowest BCUT2D eigenvalue weighted by Crippen LogP contribution is -2.45. The number of alkyl carbamates (subject to hydrolysis) is 1. The molecule has 4 aromatic carbocycles. The van der Waals surface area contributed by atoms with Crippen molar-refractivity contribution in [1.82, 2.24) is 35.1 Å². The zero-order valence-corrected chi connectivity index (χ0v) is 36.0. The normalized spacial score (nSPS) is 14.2. The van der Waals surface area contributed by atoms with Crippen molar-refractivity contribution >= 4 is 39.7 Å². The molecular formula is C48H57N7O5. The van der Waals surface area contributed by atoms with Gasteiger partial charge in [0.2, 0.25) is 5.91 Å². The van der Waals surface area contributed by atoms with E-state index < -0.39 is 18.2 Å². The molecule has 0 fully saturated rings. The van der Waals surface area contributed by atoms with Crippen LogP contribution in [0, 0.1) is 11.8 Å². The Morgan fingerprint density at radius 2 is 1.65 bits per heavy atom. The monoisotopic (exact) mass is 811 g/mol. The van der Waals surface area contributed by atoms with Crippen LogP contribution < -0.4 is 10.1 Å². The van der Waals surface area contributed by atoms with Crippen molar-refractivity contribution in [2.45, 2.75) is 92.5 Å². The van der Waals surface area contributed by atoms with E-state index in [1.54, 1.807) is 4.90 Å². The summed E-state index contributed by atoms with van der Waals surface area (Å²) >= 11 is 0. The quantitative estimate of drug-likeness (QED) is 0.0936. The number of methoxy groups -OCH3 is 1. The Morgan fingerprint density at radius 1 is 0.883 bits per heavy atom. The average Bonchev–Trinajstić information content (AvgIpc) is 3.94. The van der Waals surface area contributed by atoms with E-state index in [9.17, 15) is 14.4 Å². The summed E-state index contributed by atoms with van der Waals surface area (Å²) in [7, 11) is 1.29. The van der Waals surface area contributed by atoms with E-state index in [4.69, 9.17) is 19.4 Å². The molecule has 0 bridgehead atoms. The number of benzene rings is 4. The zero-order chi connectivity index (χ0) is 42.7. The van der Waals surface area contributed by atoms with Crippen molar-refractivity contribution < 1.29 is 23.9 Å². The molecule has 4 unspecified atom stereocenters. The number of carbonyl (C=O) groups is 3. The summed E-state index contributed by atoms with van der Waals surface area (Å²) in [6, 6.07) is 22.4. The van der Waals surface area contributed by atoms with Crippen molar-refractivity contribution in [3.63, 3.8) is 0 Å². The molecule has 0 spiro atoms. The predicted octanol–water partition coefficient (Wildman–Crippen LogP) is 10.0. The molecule has 12 nitrogen and oxygen atoms in total. The van der Waals surface area contributed by atoms with Gasteiger partial charge < -0.3 is 34.6 Å². The van der Waals surface area contributed by atoms with Gasteiger partial charge in [0.15, 0.2) is 0 Å². The summed E-state index contributed by atoms with van der Waals surface area (Å²) in [4.78, 5) is 60.6. The standard InChI is InChI=1S/C48H57N7O5/c1-9-20-54(42(56)21-29(5)10-2)30(6)45-49-25-40(51-45)34-16-18-36-35(22-34)27-60-41-24-37-33(23-38(36)41)17-19-39-44(37)52-46(50-39)31(7)55(26-28(3)4)47(57)43(53-48(58)59-8)32-14-12-11-13-15-32/h11-19,22-25,28-31,43H,9-10,20-21,26-27H2,1-8H3,(H,49,51)(H,50,52)(H,53,58). The van der Waals surface area contributed by atoms with Crippen LogP contribution in [0.4, 0.5) is 4.79 Å². The second-order valence-electron chi connectivity index (χ2n) is 16.5. The number of fused-ring (bicyclic) bond motifs is 6. The van der Waals surface area contributed by atoms with Gasteiger partial charge in [0.1, 0.15) is 30.0 Å². The maximum absolute atomic E-state index is 14.4. The molecule has 4 atom stereocenters. The molecule has 0 saturated heterocycles. The van der Waals surface area contributed by atoms with Crippen molar-refractivity contribution in [2.24, 2.45) is 11.8 Å². The number of hydrogen-bond acceptors (Lipinski definition) is 7. The van der Waals surface area contributed by atoms with Crippen LogP contribution in [0.3, 0.4) is 0 Å². The molecule has 0 aliphatic carbocycles. The van der Waals surface area contributed by atoms with E-state index in [-0.39, 0.29) is 23.8 Å². The van der Waals surface area contributed by atoms with E-state index in [0.717, 1.165) is 74.2 Å². The second-order valence-corrected chi connectivity index (χ2v) is 16.5. The highest BCUT2D eigenvalue weighted by atomic mass is 16.5. The summed E-state index contributed by atoms with van der Waals surface area (Å²) in [5.41, 5.74) is 7.37. The number of nitrogens with one attached hydrogen (secondary N) is 3. The van der Waals surface area contributed by atoms with E-state index >= 15 is 0 Å². The smallest absolute Gasteiger partial charge is 0.407 e. The molecular weight excluding hydrogens is 755 g/mol. The molecule has 0 radical (unpaired) electrons. The Labute approximate surface area is 352 Å². The molecule has 1 aliphatic heterocycles. The van der Waals surface area contributed by atoms with Crippen LogP contribution in [-0.2, 0) is 20.9 Å². The first-order chi connectivity index (χ1) is 28.9. The SMILES string of the molecule is CCCN(C(=O)CC(C)CC)C(C)c1ncc(-c2ccc3c(c2)COc2cc4c(ccc5[nH]c(C(C)N(CC(C)C)C(=O)C(NC(=O)OC)c6ccccc6)nc54)cc2-3)[nH]1. The Morgan fingerprint density at radius 3 is 2.37 bits per heavy atom. The minimum Gasteiger partial charge on any atom is -0.488 e. The molecule has 3 heterocycles. The molecule has 1 aliphatic rings. The predicted molar refractivity (Wildman–Crippen MR) is 235 cm³/mol. The van der Waals surface area contributed by atoms with E-state index in [1.165, 1.54) is 7.11 Å². The number of amides is 3. The minimum absolute atomic E-state index is 0.150. The molecule has 2 aromatic heterocycles.